The van der Waals surface area contributed by atoms with Crippen molar-refractivity contribution in [1.82, 2.24) is 19.3 Å². The van der Waals surface area contributed by atoms with Gasteiger partial charge in [-0.05, 0) is 36.6 Å². The molecule has 0 saturated carbocycles. The molecular weight excluding hydrogens is 324 g/mol. The van der Waals surface area contributed by atoms with Crippen LogP contribution in [0, 0.1) is 0 Å². The number of imidazole rings is 1. The third-order valence-electron chi connectivity index (χ3n) is 4.52. The molecule has 2 aromatic heterocycles. The van der Waals surface area contributed by atoms with Gasteiger partial charge in [0.05, 0.1) is 12.5 Å². The molecule has 4 rings (SSSR count). The number of hydrogen-bond donors (Lipinski definition) is 0. The fraction of sp³-hybridized carbons (Fsp3) is 0.278. The molecule has 1 amide bonds. The zero-order valence-corrected chi connectivity index (χ0v) is 13.9. The van der Waals surface area contributed by atoms with Gasteiger partial charge in [0.15, 0.2) is 0 Å². The molecule has 0 N–H and O–H groups in total. The number of fused-ring (bicyclic) bond motifs is 1. The number of nitrogens with zero attached hydrogens (tertiary/aromatic N) is 4. The molecule has 0 radical (unpaired) electrons. The second kappa shape index (κ2) is 6.24. The molecular formula is C18H17ClN4O. The molecule has 1 aliphatic rings. The van der Waals surface area contributed by atoms with Crippen molar-refractivity contribution in [3.05, 3.63) is 65.2 Å². The Bertz CT molecular complexity index is 874. The fourth-order valence-electron chi connectivity index (χ4n) is 3.38. The number of likely N-dealkylation sites (tertiary alicyclic amines) is 1. The second-order valence-corrected chi connectivity index (χ2v) is 6.45. The van der Waals surface area contributed by atoms with Crippen LogP contribution in [0.25, 0.3) is 5.78 Å². The van der Waals surface area contributed by atoms with E-state index in [1.165, 1.54) is 0 Å². The predicted octanol–water partition coefficient (Wildman–Crippen LogP) is 3.29. The van der Waals surface area contributed by atoms with Crippen LogP contribution >= 0.6 is 11.6 Å². The molecule has 1 unspecified atom stereocenters. The molecule has 3 aromatic rings. The SMILES string of the molecule is O=C(Cc1ccc(Cl)cc1)N1CCCC1c1ccnc2nccn12. The van der Waals surface area contributed by atoms with Gasteiger partial charge in [0.1, 0.15) is 0 Å². The second-order valence-electron chi connectivity index (χ2n) is 6.02. The summed E-state index contributed by atoms with van der Waals surface area (Å²) >= 11 is 5.91. The van der Waals surface area contributed by atoms with E-state index in [-0.39, 0.29) is 11.9 Å². The summed E-state index contributed by atoms with van der Waals surface area (Å²) in [7, 11) is 0. The minimum Gasteiger partial charge on any atom is -0.334 e. The minimum atomic E-state index is 0.0736. The first-order valence-corrected chi connectivity index (χ1v) is 8.42. The number of halogens is 1. The average Bonchev–Trinajstić information content (AvgIpc) is 3.25. The van der Waals surface area contributed by atoms with Crippen molar-refractivity contribution in [2.75, 3.05) is 6.54 Å². The molecule has 1 saturated heterocycles. The molecule has 3 heterocycles. The van der Waals surface area contributed by atoms with Crippen molar-refractivity contribution in [2.24, 2.45) is 0 Å². The number of aromatic nitrogens is 3. The molecule has 0 aliphatic carbocycles. The first-order chi connectivity index (χ1) is 11.7. The molecule has 122 valence electrons. The molecule has 1 aromatic carbocycles. The average molecular weight is 341 g/mol. The van der Waals surface area contributed by atoms with Gasteiger partial charge < -0.3 is 4.90 Å². The van der Waals surface area contributed by atoms with Gasteiger partial charge in [-0.3, -0.25) is 9.20 Å². The normalized spacial score (nSPS) is 17.5. The topological polar surface area (TPSA) is 50.5 Å². The third kappa shape index (κ3) is 2.76. The lowest BCUT2D eigenvalue weighted by molar-refractivity contribution is -0.131. The van der Waals surface area contributed by atoms with Crippen LogP contribution in [-0.4, -0.2) is 31.7 Å². The standard InChI is InChI=1S/C18H17ClN4O/c19-14-5-3-13(4-6-14)12-17(24)22-10-1-2-15(22)16-7-8-20-18-21-9-11-23(16)18/h3-9,11,15H,1-2,10,12H2. The number of amides is 1. The van der Waals surface area contributed by atoms with Gasteiger partial charge in [-0.1, -0.05) is 23.7 Å². The molecule has 1 aliphatic heterocycles. The van der Waals surface area contributed by atoms with E-state index in [1.54, 1.807) is 12.4 Å². The van der Waals surface area contributed by atoms with Gasteiger partial charge >= 0.3 is 0 Å². The van der Waals surface area contributed by atoms with Crippen LogP contribution in [0.15, 0.2) is 48.9 Å². The van der Waals surface area contributed by atoms with Crippen molar-refractivity contribution in [3.8, 4) is 0 Å². The number of carbonyl (C=O) groups is 1. The highest BCUT2D eigenvalue weighted by Gasteiger charge is 2.31. The maximum absolute atomic E-state index is 12.8. The number of benzene rings is 1. The number of carbonyl (C=O) groups excluding carboxylic acids is 1. The van der Waals surface area contributed by atoms with Gasteiger partial charge in [0.25, 0.3) is 0 Å². The summed E-state index contributed by atoms with van der Waals surface area (Å²) in [4.78, 5) is 23.3. The zero-order chi connectivity index (χ0) is 16.5. The maximum Gasteiger partial charge on any atom is 0.233 e. The first-order valence-electron chi connectivity index (χ1n) is 8.04. The predicted molar refractivity (Wildman–Crippen MR) is 91.8 cm³/mol. The van der Waals surface area contributed by atoms with Crippen molar-refractivity contribution in [1.29, 1.82) is 0 Å². The van der Waals surface area contributed by atoms with Gasteiger partial charge in [0.2, 0.25) is 11.7 Å². The highest BCUT2D eigenvalue weighted by Crippen LogP contribution is 2.32. The summed E-state index contributed by atoms with van der Waals surface area (Å²) < 4.78 is 1.97. The Hall–Kier alpha value is -2.40. The first kappa shape index (κ1) is 15.1. The van der Waals surface area contributed by atoms with E-state index < -0.39 is 0 Å². The van der Waals surface area contributed by atoms with Crippen molar-refractivity contribution in [2.45, 2.75) is 25.3 Å². The minimum absolute atomic E-state index is 0.0736. The quantitative estimate of drug-likeness (QED) is 0.735. The van der Waals surface area contributed by atoms with Crippen LogP contribution < -0.4 is 0 Å². The summed E-state index contributed by atoms with van der Waals surface area (Å²) in [5.74, 6) is 0.814. The van der Waals surface area contributed by atoms with E-state index >= 15 is 0 Å². The van der Waals surface area contributed by atoms with E-state index in [2.05, 4.69) is 9.97 Å². The van der Waals surface area contributed by atoms with E-state index in [9.17, 15) is 4.79 Å². The molecule has 24 heavy (non-hydrogen) atoms. The molecule has 6 heteroatoms. The highest BCUT2D eigenvalue weighted by molar-refractivity contribution is 6.30. The maximum atomic E-state index is 12.8. The van der Waals surface area contributed by atoms with E-state index in [0.717, 1.165) is 30.6 Å². The van der Waals surface area contributed by atoms with E-state index in [1.807, 2.05) is 45.8 Å². The van der Waals surface area contributed by atoms with Crippen LogP contribution in [0.1, 0.15) is 30.1 Å². The van der Waals surface area contributed by atoms with Gasteiger partial charge in [-0.25, -0.2) is 9.97 Å². The largest absolute Gasteiger partial charge is 0.334 e. The van der Waals surface area contributed by atoms with E-state index in [0.29, 0.717) is 17.2 Å². The Morgan fingerprint density at radius 1 is 1.17 bits per heavy atom. The number of rotatable bonds is 3. The van der Waals surface area contributed by atoms with Crippen LogP contribution in [0.5, 0.6) is 0 Å². The highest BCUT2D eigenvalue weighted by atomic mass is 35.5. The summed E-state index contributed by atoms with van der Waals surface area (Å²) in [6.45, 7) is 0.787. The Kier molecular flexibility index (Phi) is 3.94. The zero-order valence-electron chi connectivity index (χ0n) is 13.1. The summed E-state index contributed by atoms with van der Waals surface area (Å²) in [6, 6.07) is 9.52. The van der Waals surface area contributed by atoms with Crippen LogP contribution in [0.2, 0.25) is 5.02 Å². The van der Waals surface area contributed by atoms with Crippen molar-refractivity contribution >= 4 is 23.3 Å². The number of hydrogen-bond acceptors (Lipinski definition) is 3. The molecule has 1 fully saturated rings. The van der Waals surface area contributed by atoms with Crippen LogP contribution in [0.4, 0.5) is 0 Å². The molecule has 0 spiro atoms. The fourth-order valence-corrected chi connectivity index (χ4v) is 3.50. The Balaban J connectivity index is 1.59. The van der Waals surface area contributed by atoms with Crippen molar-refractivity contribution < 1.29 is 4.79 Å². The van der Waals surface area contributed by atoms with Gasteiger partial charge in [0, 0.05) is 35.9 Å². The lowest BCUT2D eigenvalue weighted by atomic mass is 10.1. The summed E-state index contributed by atoms with van der Waals surface area (Å²) in [5.41, 5.74) is 2.05. The van der Waals surface area contributed by atoms with Gasteiger partial charge in [-0.2, -0.15) is 0 Å². The summed E-state index contributed by atoms with van der Waals surface area (Å²) in [5, 5.41) is 0.685. The van der Waals surface area contributed by atoms with E-state index in [4.69, 9.17) is 11.6 Å². The van der Waals surface area contributed by atoms with Crippen LogP contribution in [-0.2, 0) is 11.2 Å². The molecule has 1 atom stereocenters. The molecule has 0 bridgehead atoms. The Morgan fingerprint density at radius 3 is 2.79 bits per heavy atom. The smallest absolute Gasteiger partial charge is 0.233 e. The van der Waals surface area contributed by atoms with Gasteiger partial charge in [-0.15, -0.1) is 0 Å². The van der Waals surface area contributed by atoms with Crippen LogP contribution in [0.3, 0.4) is 0 Å². The lowest BCUT2D eigenvalue weighted by Gasteiger charge is -2.25. The Labute approximate surface area is 144 Å². The summed E-state index contributed by atoms with van der Waals surface area (Å²) in [6.07, 6.45) is 7.77. The molecule has 5 nitrogen and oxygen atoms in total. The Morgan fingerprint density at radius 2 is 1.96 bits per heavy atom. The van der Waals surface area contributed by atoms with Crippen molar-refractivity contribution in [3.63, 3.8) is 0 Å². The third-order valence-corrected chi connectivity index (χ3v) is 4.77. The lowest BCUT2D eigenvalue weighted by Crippen LogP contribution is -2.32. The monoisotopic (exact) mass is 340 g/mol.